The van der Waals surface area contributed by atoms with Crippen molar-refractivity contribution in [1.82, 2.24) is 4.98 Å². The number of hydrogen-bond acceptors (Lipinski definition) is 2. The van der Waals surface area contributed by atoms with Crippen LogP contribution in [0.2, 0.25) is 0 Å². The molecule has 104 valence electrons. The Morgan fingerprint density at radius 2 is 1.40 bits per heavy atom. The average molecular weight is 289 g/mol. The van der Waals surface area contributed by atoms with Crippen molar-refractivity contribution < 1.29 is 26.7 Å². The Morgan fingerprint density at radius 3 is 1.90 bits per heavy atom. The molecule has 1 heterocycles. The molecular weight excluding hydrogens is 285 g/mol. The second-order valence-electron chi connectivity index (χ2n) is 3.74. The van der Waals surface area contributed by atoms with Gasteiger partial charge in [-0.25, -0.2) is 22.0 Å². The van der Waals surface area contributed by atoms with Crippen molar-refractivity contribution in [2.24, 2.45) is 0 Å². The summed E-state index contributed by atoms with van der Waals surface area (Å²) in [5, 5.41) is 0. The van der Waals surface area contributed by atoms with Gasteiger partial charge in [0, 0.05) is 11.8 Å². The summed E-state index contributed by atoms with van der Waals surface area (Å²) in [5.74, 6) is -11.0. The summed E-state index contributed by atoms with van der Waals surface area (Å²) in [7, 11) is 0. The van der Waals surface area contributed by atoms with E-state index in [1.807, 2.05) is 4.98 Å². The van der Waals surface area contributed by atoms with E-state index in [0.29, 0.717) is 0 Å². The zero-order valence-electron chi connectivity index (χ0n) is 9.44. The second kappa shape index (κ2) is 4.87. The monoisotopic (exact) mass is 289 g/mol. The van der Waals surface area contributed by atoms with E-state index in [1.165, 1.54) is 0 Å². The van der Waals surface area contributed by atoms with Gasteiger partial charge in [-0.05, 0) is 6.07 Å². The molecule has 1 aromatic carbocycles. The first-order valence-electron chi connectivity index (χ1n) is 5.08. The predicted octanol–water partition coefficient (Wildman–Crippen LogP) is 2.55. The van der Waals surface area contributed by atoms with E-state index in [2.05, 4.69) is 0 Å². The van der Waals surface area contributed by atoms with Crippen molar-refractivity contribution in [2.75, 3.05) is 0 Å². The number of H-pyrrole nitrogens is 1. The van der Waals surface area contributed by atoms with E-state index >= 15 is 0 Å². The fourth-order valence-corrected chi connectivity index (χ4v) is 1.60. The molecule has 0 bridgehead atoms. The molecule has 0 spiro atoms. The van der Waals surface area contributed by atoms with Gasteiger partial charge in [0.15, 0.2) is 29.6 Å². The van der Waals surface area contributed by atoms with Crippen LogP contribution < -0.4 is 5.56 Å². The maximum absolute atomic E-state index is 13.5. The molecule has 1 aromatic heterocycles. The van der Waals surface area contributed by atoms with Crippen LogP contribution >= 0.6 is 0 Å². The molecule has 0 unspecified atom stereocenters. The van der Waals surface area contributed by atoms with Crippen molar-refractivity contribution in [3.8, 4) is 11.1 Å². The fourth-order valence-electron chi connectivity index (χ4n) is 1.60. The van der Waals surface area contributed by atoms with Crippen LogP contribution in [0, 0.1) is 29.1 Å². The molecular formula is C12H4F5NO2. The number of benzene rings is 1. The highest BCUT2D eigenvalue weighted by Gasteiger charge is 2.27. The van der Waals surface area contributed by atoms with Crippen LogP contribution in [0.15, 0.2) is 17.1 Å². The Labute approximate surface area is 107 Å². The number of halogens is 5. The van der Waals surface area contributed by atoms with E-state index in [9.17, 15) is 31.5 Å². The third-order valence-corrected chi connectivity index (χ3v) is 2.54. The first-order valence-corrected chi connectivity index (χ1v) is 5.08. The van der Waals surface area contributed by atoms with Gasteiger partial charge in [-0.2, -0.15) is 0 Å². The first kappa shape index (κ1) is 13.9. The molecule has 8 heteroatoms. The molecule has 2 aromatic rings. The number of nitrogens with one attached hydrogen (secondary N) is 1. The summed E-state index contributed by atoms with van der Waals surface area (Å²) in [4.78, 5) is 24.0. The molecule has 0 amide bonds. The van der Waals surface area contributed by atoms with Crippen LogP contribution in [0.4, 0.5) is 22.0 Å². The number of pyridine rings is 1. The van der Waals surface area contributed by atoms with Crippen LogP contribution in [0.25, 0.3) is 11.1 Å². The number of aromatic nitrogens is 1. The number of aldehydes is 1. The Balaban J connectivity index is 2.90. The number of rotatable bonds is 2. The molecule has 1 N–H and O–H groups in total. The molecule has 0 saturated carbocycles. The average Bonchev–Trinajstić information content (AvgIpc) is 2.45. The van der Waals surface area contributed by atoms with Crippen molar-refractivity contribution >= 4 is 6.29 Å². The molecule has 0 saturated heterocycles. The van der Waals surface area contributed by atoms with Crippen LogP contribution in [0.5, 0.6) is 0 Å². The Morgan fingerprint density at radius 1 is 0.900 bits per heavy atom. The third kappa shape index (κ3) is 1.98. The van der Waals surface area contributed by atoms with Gasteiger partial charge in [-0.1, -0.05) is 0 Å². The number of carbonyl (C=O) groups excluding carboxylic acids is 1. The highest BCUT2D eigenvalue weighted by Crippen LogP contribution is 2.29. The van der Waals surface area contributed by atoms with E-state index < -0.39 is 45.8 Å². The maximum atomic E-state index is 13.5. The van der Waals surface area contributed by atoms with Crippen molar-refractivity contribution in [3.05, 3.63) is 57.3 Å². The van der Waals surface area contributed by atoms with Gasteiger partial charge in [0.1, 0.15) is 0 Å². The minimum absolute atomic E-state index is 0.191. The third-order valence-electron chi connectivity index (χ3n) is 2.54. The van der Waals surface area contributed by atoms with Gasteiger partial charge in [0.25, 0.3) is 5.56 Å². The lowest BCUT2D eigenvalue weighted by atomic mass is 10.0. The SMILES string of the molecule is O=Cc1c[nH]c(=O)c(-c2c(F)c(F)c(F)c(F)c2F)c1. The topological polar surface area (TPSA) is 49.9 Å². The van der Waals surface area contributed by atoms with Crippen LogP contribution in [0.3, 0.4) is 0 Å². The first-order chi connectivity index (χ1) is 9.38. The Hall–Kier alpha value is -2.51. The summed E-state index contributed by atoms with van der Waals surface area (Å²) < 4.78 is 66.1. The van der Waals surface area contributed by atoms with Gasteiger partial charge >= 0.3 is 0 Å². The number of hydrogen-bond donors (Lipinski definition) is 1. The van der Waals surface area contributed by atoms with E-state index in [4.69, 9.17) is 0 Å². The Bertz CT molecular complexity index is 740. The van der Waals surface area contributed by atoms with Gasteiger partial charge in [-0.3, -0.25) is 9.59 Å². The van der Waals surface area contributed by atoms with Gasteiger partial charge < -0.3 is 4.98 Å². The minimum Gasteiger partial charge on any atom is -0.328 e. The molecule has 0 atom stereocenters. The zero-order chi connectivity index (χ0) is 15.0. The largest absolute Gasteiger partial charge is 0.328 e. The minimum atomic E-state index is -2.33. The van der Waals surface area contributed by atoms with Crippen LogP contribution in [-0.4, -0.2) is 11.3 Å². The molecule has 3 nitrogen and oxygen atoms in total. The second-order valence-corrected chi connectivity index (χ2v) is 3.74. The van der Waals surface area contributed by atoms with E-state index in [1.54, 1.807) is 0 Å². The van der Waals surface area contributed by atoms with Crippen LogP contribution in [-0.2, 0) is 0 Å². The molecule has 20 heavy (non-hydrogen) atoms. The molecule has 0 aliphatic heterocycles. The Kier molecular flexibility index (Phi) is 3.39. The normalized spacial score (nSPS) is 10.7. The highest BCUT2D eigenvalue weighted by atomic mass is 19.2. The predicted molar refractivity (Wildman–Crippen MR) is 57.7 cm³/mol. The zero-order valence-corrected chi connectivity index (χ0v) is 9.44. The summed E-state index contributed by atoms with van der Waals surface area (Å²) in [6, 6.07) is 0.726. The smallest absolute Gasteiger partial charge is 0.256 e. The molecule has 0 aliphatic carbocycles. The van der Waals surface area contributed by atoms with Gasteiger partial charge in [-0.15, -0.1) is 0 Å². The van der Waals surface area contributed by atoms with E-state index in [0.717, 1.165) is 12.3 Å². The van der Waals surface area contributed by atoms with Gasteiger partial charge in [0.05, 0.1) is 11.1 Å². The van der Waals surface area contributed by atoms with Crippen LogP contribution in [0.1, 0.15) is 10.4 Å². The summed E-state index contributed by atoms with van der Waals surface area (Å²) in [6.07, 6.45) is 1.18. The summed E-state index contributed by atoms with van der Waals surface area (Å²) >= 11 is 0. The number of aromatic amines is 1. The summed E-state index contributed by atoms with van der Waals surface area (Å²) in [6.45, 7) is 0. The highest BCUT2D eigenvalue weighted by molar-refractivity contribution is 5.78. The molecule has 0 radical (unpaired) electrons. The van der Waals surface area contributed by atoms with Crippen molar-refractivity contribution in [1.29, 1.82) is 0 Å². The molecule has 0 aliphatic rings. The molecule has 2 rings (SSSR count). The van der Waals surface area contributed by atoms with Crippen molar-refractivity contribution in [3.63, 3.8) is 0 Å². The van der Waals surface area contributed by atoms with E-state index in [-0.39, 0.29) is 11.8 Å². The lowest BCUT2D eigenvalue weighted by Gasteiger charge is -2.07. The number of carbonyl (C=O) groups is 1. The fraction of sp³-hybridized carbons (Fsp3) is 0. The van der Waals surface area contributed by atoms with Gasteiger partial charge in [0.2, 0.25) is 5.82 Å². The maximum Gasteiger partial charge on any atom is 0.256 e. The lowest BCUT2D eigenvalue weighted by molar-refractivity contribution is 0.112. The lowest BCUT2D eigenvalue weighted by Crippen LogP contribution is -2.13. The molecule has 0 fully saturated rings. The standard InChI is InChI=1S/C12H4F5NO2/c13-7-6(8(14)10(16)11(17)9(7)15)5-1-4(3-19)2-18-12(5)20/h1-3H,(H,18,20). The van der Waals surface area contributed by atoms with Crippen molar-refractivity contribution in [2.45, 2.75) is 0 Å². The summed E-state index contributed by atoms with van der Waals surface area (Å²) in [5.41, 5.74) is -3.50. The quantitative estimate of drug-likeness (QED) is 0.400.